The number of piperidine rings is 1. The van der Waals surface area contributed by atoms with Crippen molar-refractivity contribution in [1.82, 2.24) is 19.5 Å². The number of nitrogens with zero attached hydrogens (tertiary/aromatic N) is 6. The molecule has 3 aromatic heterocycles. The van der Waals surface area contributed by atoms with E-state index in [1.165, 1.54) is 4.57 Å². The van der Waals surface area contributed by atoms with Crippen molar-refractivity contribution in [1.29, 1.82) is 5.26 Å². The molecule has 0 amide bonds. The smallest absolute Gasteiger partial charge is 0.349 e. The molecule has 3 aromatic rings. The highest BCUT2D eigenvalue weighted by Gasteiger charge is 2.30. The summed E-state index contributed by atoms with van der Waals surface area (Å²) in [6, 6.07) is 9.15. The first-order valence-corrected chi connectivity index (χ1v) is 10.7. The van der Waals surface area contributed by atoms with Crippen LogP contribution in [-0.2, 0) is 7.05 Å². The Labute approximate surface area is 186 Å². The van der Waals surface area contributed by atoms with Gasteiger partial charge in [0, 0.05) is 38.5 Å². The Bertz CT molecular complexity index is 1220. The van der Waals surface area contributed by atoms with Crippen molar-refractivity contribution in [2.75, 3.05) is 11.4 Å². The molecule has 0 radical (unpaired) electrons. The van der Waals surface area contributed by atoms with Gasteiger partial charge in [-0.05, 0) is 39.0 Å². The van der Waals surface area contributed by atoms with E-state index in [9.17, 15) is 10.1 Å². The summed E-state index contributed by atoms with van der Waals surface area (Å²) in [5.74, 6) is 1.78. The molecule has 32 heavy (non-hydrogen) atoms. The normalized spacial score (nSPS) is 18.6. The number of aromatic nitrogens is 4. The third kappa shape index (κ3) is 4.35. The van der Waals surface area contributed by atoms with Crippen LogP contribution in [0.25, 0.3) is 11.0 Å². The molecule has 9 heteroatoms. The lowest BCUT2D eigenvalue weighted by molar-refractivity contribution is 0.148. The Morgan fingerprint density at radius 1 is 1.22 bits per heavy atom. The minimum absolute atomic E-state index is 0.00828. The molecule has 4 rings (SSSR count). The number of ether oxygens (including phenoxy) is 2. The Balaban J connectivity index is 1.53. The maximum Gasteiger partial charge on any atom is 0.349 e. The molecule has 0 saturated carbocycles. The molecule has 0 spiro atoms. The average molecular weight is 435 g/mol. The van der Waals surface area contributed by atoms with Gasteiger partial charge in [0.25, 0.3) is 0 Å². The van der Waals surface area contributed by atoms with Crippen molar-refractivity contribution in [2.45, 2.75) is 51.9 Å². The Morgan fingerprint density at radius 2 is 2.03 bits per heavy atom. The summed E-state index contributed by atoms with van der Waals surface area (Å²) >= 11 is 0. The number of aryl methyl sites for hydroxylation is 1. The highest BCUT2D eigenvalue weighted by Crippen LogP contribution is 2.29. The third-order valence-electron chi connectivity index (χ3n) is 5.52. The molecule has 9 nitrogen and oxygen atoms in total. The van der Waals surface area contributed by atoms with Crippen LogP contribution < -0.4 is 20.1 Å². The summed E-state index contributed by atoms with van der Waals surface area (Å²) in [5, 5.41) is 9.26. The fraction of sp³-hybridized carbons (Fsp3) is 0.435. The summed E-state index contributed by atoms with van der Waals surface area (Å²) in [6.07, 6.45) is 3.23. The standard InChI is InChI=1S/C23H26N6O3/c1-14(2)31-18-6-8-20(25-13-18)32-17-9-10-29(15(3)11-17)22-21-19(28(4)23(30)27-22)7-5-16(12-24)26-21/h5-8,13-15,17H,9-11H2,1-4H3/t15-,17?/m1/s1. The largest absolute Gasteiger partial charge is 0.489 e. The van der Waals surface area contributed by atoms with Gasteiger partial charge >= 0.3 is 5.69 Å². The molecule has 1 fully saturated rings. The number of rotatable bonds is 5. The minimum Gasteiger partial charge on any atom is -0.489 e. The van der Waals surface area contributed by atoms with Crippen LogP contribution in [0.15, 0.2) is 35.3 Å². The minimum atomic E-state index is -0.350. The lowest BCUT2D eigenvalue weighted by Crippen LogP contribution is -2.46. The monoisotopic (exact) mass is 434 g/mol. The van der Waals surface area contributed by atoms with Crippen LogP contribution in [0, 0.1) is 11.3 Å². The van der Waals surface area contributed by atoms with Crippen molar-refractivity contribution in [2.24, 2.45) is 7.05 Å². The van der Waals surface area contributed by atoms with E-state index in [1.807, 2.05) is 26.0 Å². The van der Waals surface area contributed by atoms with Gasteiger partial charge in [-0.15, -0.1) is 0 Å². The number of nitriles is 1. The zero-order valence-electron chi connectivity index (χ0n) is 18.6. The topological polar surface area (TPSA) is 106 Å². The second-order valence-electron chi connectivity index (χ2n) is 8.26. The second kappa shape index (κ2) is 8.83. The van der Waals surface area contributed by atoms with Crippen molar-refractivity contribution in [3.05, 3.63) is 46.6 Å². The van der Waals surface area contributed by atoms with E-state index in [0.29, 0.717) is 40.7 Å². The molecule has 0 N–H and O–H groups in total. The van der Waals surface area contributed by atoms with E-state index in [1.54, 1.807) is 25.4 Å². The lowest BCUT2D eigenvalue weighted by atomic mass is 10.0. The average Bonchev–Trinajstić information content (AvgIpc) is 2.77. The zero-order chi connectivity index (χ0) is 22.8. The highest BCUT2D eigenvalue weighted by molar-refractivity contribution is 5.86. The lowest BCUT2D eigenvalue weighted by Gasteiger charge is -2.38. The van der Waals surface area contributed by atoms with Crippen molar-refractivity contribution in [3.63, 3.8) is 0 Å². The van der Waals surface area contributed by atoms with Gasteiger partial charge in [0.15, 0.2) is 5.82 Å². The molecule has 0 aromatic carbocycles. The summed E-state index contributed by atoms with van der Waals surface area (Å²) < 4.78 is 13.2. The van der Waals surface area contributed by atoms with Crippen LogP contribution in [0.1, 0.15) is 39.3 Å². The summed E-state index contributed by atoms with van der Waals surface area (Å²) in [6.45, 7) is 6.66. The molecule has 1 unspecified atom stereocenters. The Kier molecular flexibility index (Phi) is 5.95. The number of anilines is 1. The molecule has 1 saturated heterocycles. The SMILES string of the molecule is CC(C)Oc1ccc(OC2CCN(c3nc(=O)n(C)c4ccc(C#N)nc34)[C@H](C)C2)nc1. The van der Waals surface area contributed by atoms with Gasteiger partial charge in [-0.1, -0.05) is 0 Å². The molecule has 4 heterocycles. The molecular weight excluding hydrogens is 408 g/mol. The molecule has 166 valence electrons. The molecule has 1 aliphatic rings. The van der Waals surface area contributed by atoms with E-state index >= 15 is 0 Å². The number of pyridine rings is 2. The van der Waals surface area contributed by atoms with Gasteiger partial charge in [-0.25, -0.2) is 14.8 Å². The van der Waals surface area contributed by atoms with Crippen LogP contribution in [0.4, 0.5) is 5.82 Å². The first-order chi connectivity index (χ1) is 15.4. The predicted octanol–water partition coefficient (Wildman–Crippen LogP) is 2.82. The summed E-state index contributed by atoms with van der Waals surface area (Å²) in [5.41, 5.74) is 1.15. The van der Waals surface area contributed by atoms with Gasteiger partial charge in [0.1, 0.15) is 29.1 Å². The van der Waals surface area contributed by atoms with E-state index in [-0.39, 0.29) is 23.9 Å². The predicted molar refractivity (Wildman–Crippen MR) is 120 cm³/mol. The third-order valence-corrected chi connectivity index (χ3v) is 5.52. The Hall–Kier alpha value is -3.67. The van der Waals surface area contributed by atoms with Crippen molar-refractivity contribution >= 4 is 16.9 Å². The van der Waals surface area contributed by atoms with Gasteiger partial charge in [0.05, 0.1) is 17.8 Å². The first-order valence-electron chi connectivity index (χ1n) is 10.7. The van der Waals surface area contributed by atoms with Crippen LogP contribution >= 0.6 is 0 Å². The van der Waals surface area contributed by atoms with Crippen LogP contribution in [-0.4, -0.2) is 44.3 Å². The van der Waals surface area contributed by atoms with Gasteiger partial charge in [-0.2, -0.15) is 10.2 Å². The van der Waals surface area contributed by atoms with Crippen molar-refractivity contribution < 1.29 is 9.47 Å². The van der Waals surface area contributed by atoms with Crippen LogP contribution in [0.5, 0.6) is 11.6 Å². The van der Waals surface area contributed by atoms with Crippen molar-refractivity contribution in [3.8, 4) is 17.7 Å². The maximum atomic E-state index is 12.4. The van der Waals surface area contributed by atoms with Gasteiger partial charge < -0.3 is 14.4 Å². The summed E-state index contributed by atoms with van der Waals surface area (Å²) in [7, 11) is 1.66. The van der Waals surface area contributed by atoms with Crippen LogP contribution in [0.2, 0.25) is 0 Å². The fourth-order valence-electron chi connectivity index (χ4n) is 3.97. The van der Waals surface area contributed by atoms with Gasteiger partial charge in [-0.3, -0.25) is 4.57 Å². The van der Waals surface area contributed by atoms with E-state index in [0.717, 1.165) is 12.8 Å². The number of hydrogen-bond donors (Lipinski definition) is 0. The van der Waals surface area contributed by atoms with Gasteiger partial charge in [0.2, 0.25) is 5.88 Å². The molecule has 0 aliphatic carbocycles. The van der Waals surface area contributed by atoms with Crippen LogP contribution in [0.3, 0.4) is 0 Å². The summed E-state index contributed by atoms with van der Waals surface area (Å²) in [4.78, 5) is 27.6. The molecule has 1 aliphatic heterocycles. The quantitative estimate of drug-likeness (QED) is 0.603. The second-order valence-corrected chi connectivity index (χ2v) is 8.26. The highest BCUT2D eigenvalue weighted by atomic mass is 16.5. The molecule has 2 atom stereocenters. The fourth-order valence-corrected chi connectivity index (χ4v) is 3.97. The van der Waals surface area contributed by atoms with E-state index in [4.69, 9.17) is 9.47 Å². The number of fused-ring (bicyclic) bond motifs is 1. The number of hydrogen-bond acceptors (Lipinski definition) is 8. The molecular formula is C23H26N6O3. The zero-order valence-corrected chi connectivity index (χ0v) is 18.6. The first kappa shape index (κ1) is 21.6. The maximum absolute atomic E-state index is 12.4. The van der Waals surface area contributed by atoms with E-state index < -0.39 is 0 Å². The molecule has 0 bridgehead atoms. The van der Waals surface area contributed by atoms with E-state index in [2.05, 4.69) is 32.8 Å². The Morgan fingerprint density at radius 3 is 2.69 bits per heavy atom.